The van der Waals surface area contributed by atoms with Gasteiger partial charge in [-0.05, 0) is 25.5 Å². The molecule has 1 atom stereocenters. The summed E-state index contributed by atoms with van der Waals surface area (Å²) < 4.78 is 5.57. The molecule has 0 spiro atoms. The number of nitrogens with zero attached hydrogens (tertiary/aromatic N) is 1. The molecule has 1 aliphatic heterocycles. The molecular formula is C15H18N2OS. The molecule has 3 rings (SSSR count). The van der Waals surface area contributed by atoms with Crippen molar-refractivity contribution in [1.29, 1.82) is 0 Å². The molecular weight excluding hydrogens is 256 g/mol. The van der Waals surface area contributed by atoms with Crippen LogP contribution in [0.4, 0.5) is 0 Å². The highest BCUT2D eigenvalue weighted by Crippen LogP contribution is 2.38. The van der Waals surface area contributed by atoms with Gasteiger partial charge < -0.3 is 9.73 Å². The minimum atomic E-state index is 0.596. The van der Waals surface area contributed by atoms with E-state index in [2.05, 4.69) is 34.6 Å². The van der Waals surface area contributed by atoms with Crippen molar-refractivity contribution in [1.82, 2.24) is 10.3 Å². The Morgan fingerprint density at radius 1 is 1.37 bits per heavy atom. The van der Waals surface area contributed by atoms with Crippen molar-refractivity contribution >= 4 is 11.8 Å². The second-order valence-electron chi connectivity index (χ2n) is 4.93. The Balaban J connectivity index is 1.56. The summed E-state index contributed by atoms with van der Waals surface area (Å²) in [6.45, 7) is 5.62. The van der Waals surface area contributed by atoms with Crippen molar-refractivity contribution in [2.24, 2.45) is 0 Å². The van der Waals surface area contributed by atoms with Gasteiger partial charge in [-0.2, -0.15) is 0 Å². The lowest BCUT2D eigenvalue weighted by Gasteiger charge is -2.10. The Morgan fingerprint density at radius 3 is 3.00 bits per heavy atom. The van der Waals surface area contributed by atoms with Crippen LogP contribution < -0.4 is 5.32 Å². The van der Waals surface area contributed by atoms with Crippen molar-refractivity contribution in [2.45, 2.75) is 31.2 Å². The van der Waals surface area contributed by atoms with Crippen LogP contribution in [0.1, 0.15) is 28.8 Å². The molecule has 2 aromatic rings. The van der Waals surface area contributed by atoms with Crippen molar-refractivity contribution < 1.29 is 4.42 Å². The standard InChI is InChI=1S/C15H18N2OS/c1-10-11(2)18-15(17-10)8-16-7-12-9-19-14-6-4-3-5-13(12)14/h3-6,12,16H,7-9H2,1-2H3. The molecule has 0 amide bonds. The van der Waals surface area contributed by atoms with E-state index in [0.717, 1.165) is 29.6 Å². The summed E-state index contributed by atoms with van der Waals surface area (Å²) in [7, 11) is 0. The molecule has 1 aromatic heterocycles. The summed E-state index contributed by atoms with van der Waals surface area (Å²) in [5, 5.41) is 3.46. The maximum Gasteiger partial charge on any atom is 0.208 e. The summed E-state index contributed by atoms with van der Waals surface area (Å²) in [4.78, 5) is 5.81. The molecule has 0 saturated carbocycles. The van der Waals surface area contributed by atoms with E-state index in [9.17, 15) is 0 Å². The Morgan fingerprint density at radius 2 is 2.21 bits per heavy atom. The number of fused-ring (bicyclic) bond motifs is 1. The van der Waals surface area contributed by atoms with Crippen LogP contribution in [0.3, 0.4) is 0 Å². The normalized spacial score (nSPS) is 17.7. The minimum absolute atomic E-state index is 0.596. The number of aromatic nitrogens is 1. The van der Waals surface area contributed by atoms with E-state index in [0.29, 0.717) is 12.5 Å². The van der Waals surface area contributed by atoms with E-state index in [1.54, 1.807) is 0 Å². The quantitative estimate of drug-likeness (QED) is 0.928. The Hall–Kier alpha value is -1.26. The van der Waals surface area contributed by atoms with E-state index < -0.39 is 0 Å². The van der Waals surface area contributed by atoms with Gasteiger partial charge in [0.05, 0.1) is 12.2 Å². The van der Waals surface area contributed by atoms with Crippen LogP contribution in [0.5, 0.6) is 0 Å². The molecule has 1 aliphatic rings. The van der Waals surface area contributed by atoms with Crippen molar-refractivity contribution in [3.63, 3.8) is 0 Å². The highest BCUT2D eigenvalue weighted by molar-refractivity contribution is 7.99. The predicted molar refractivity (Wildman–Crippen MR) is 77.6 cm³/mol. The second-order valence-corrected chi connectivity index (χ2v) is 5.99. The average Bonchev–Trinajstić information content (AvgIpc) is 2.95. The van der Waals surface area contributed by atoms with Crippen molar-refractivity contribution in [3.8, 4) is 0 Å². The third-order valence-corrected chi connectivity index (χ3v) is 4.79. The zero-order chi connectivity index (χ0) is 13.2. The van der Waals surface area contributed by atoms with Crippen molar-refractivity contribution in [3.05, 3.63) is 47.2 Å². The number of hydrogen-bond acceptors (Lipinski definition) is 4. The van der Waals surface area contributed by atoms with Gasteiger partial charge in [0.1, 0.15) is 5.76 Å². The highest BCUT2D eigenvalue weighted by Gasteiger charge is 2.22. The third kappa shape index (κ3) is 2.69. The van der Waals surface area contributed by atoms with Gasteiger partial charge in [0.15, 0.2) is 0 Å². The molecule has 0 saturated heterocycles. The number of thioether (sulfide) groups is 1. The number of benzene rings is 1. The van der Waals surface area contributed by atoms with Crippen LogP contribution in [-0.4, -0.2) is 17.3 Å². The van der Waals surface area contributed by atoms with Gasteiger partial charge in [-0.25, -0.2) is 4.98 Å². The minimum Gasteiger partial charge on any atom is -0.444 e. The largest absolute Gasteiger partial charge is 0.444 e. The molecule has 4 heteroatoms. The maximum atomic E-state index is 5.57. The molecule has 1 aromatic carbocycles. The number of nitrogens with one attached hydrogen (secondary N) is 1. The predicted octanol–water partition coefficient (Wildman–Crippen LogP) is 3.27. The SMILES string of the molecule is Cc1nc(CNCC2CSc3ccccc32)oc1C. The topological polar surface area (TPSA) is 38.1 Å². The lowest BCUT2D eigenvalue weighted by Crippen LogP contribution is -2.21. The molecule has 19 heavy (non-hydrogen) atoms. The molecule has 0 fully saturated rings. The molecule has 3 nitrogen and oxygen atoms in total. The van der Waals surface area contributed by atoms with Crippen LogP contribution in [-0.2, 0) is 6.54 Å². The summed E-state index contributed by atoms with van der Waals surface area (Å²) in [5.41, 5.74) is 2.46. The summed E-state index contributed by atoms with van der Waals surface area (Å²) in [6.07, 6.45) is 0. The Labute approximate surface area is 117 Å². The number of hydrogen-bond donors (Lipinski definition) is 1. The Kier molecular flexibility index (Phi) is 3.62. The smallest absolute Gasteiger partial charge is 0.208 e. The van der Waals surface area contributed by atoms with E-state index in [1.165, 1.54) is 10.5 Å². The molecule has 0 aliphatic carbocycles. The van der Waals surface area contributed by atoms with E-state index >= 15 is 0 Å². The summed E-state index contributed by atoms with van der Waals surface area (Å²) in [5.74, 6) is 3.46. The molecule has 100 valence electrons. The molecule has 1 unspecified atom stereocenters. The van der Waals surface area contributed by atoms with Gasteiger partial charge in [0.25, 0.3) is 0 Å². The van der Waals surface area contributed by atoms with Crippen LogP contribution in [0.25, 0.3) is 0 Å². The first-order chi connectivity index (χ1) is 9.24. The maximum absolute atomic E-state index is 5.57. The van der Waals surface area contributed by atoms with E-state index in [-0.39, 0.29) is 0 Å². The highest BCUT2D eigenvalue weighted by atomic mass is 32.2. The van der Waals surface area contributed by atoms with Gasteiger partial charge in [0.2, 0.25) is 5.89 Å². The fourth-order valence-electron chi connectivity index (χ4n) is 2.37. The first-order valence-electron chi connectivity index (χ1n) is 6.59. The zero-order valence-electron chi connectivity index (χ0n) is 11.3. The van der Waals surface area contributed by atoms with Crippen LogP contribution in [0.2, 0.25) is 0 Å². The molecule has 1 N–H and O–H groups in total. The zero-order valence-corrected chi connectivity index (χ0v) is 12.1. The van der Waals surface area contributed by atoms with Gasteiger partial charge in [-0.1, -0.05) is 18.2 Å². The molecule has 0 bridgehead atoms. The van der Waals surface area contributed by atoms with E-state index in [1.807, 2.05) is 25.6 Å². The first-order valence-corrected chi connectivity index (χ1v) is 7.58. The second kappa shape index (κ2) is 5.39. The monoisotopic (exact) mass is 274 g/mol. The summed E-state index contributed by atoms with van der Waals surface area (Å²) in [6, 6.07) is 8.68. The first kappa shape index (κ1) is 12.8. The lowest BCUT2D eigenvalue weighted by atomic mass is 10.0. The fraction of sp³-hybridized carbons (Fsp3) is 0.400. The van der Waals surface area contributed by atoms with E-state index in [4.69, 9.17) is 4.42 Å². The third-order valence-electron chi connectivity index (χ3n) is 3.54. The summed E-state index contributed by atoms with van der Waals surface area (Å²) >= 11 is 1.95. The van der Waals surface area contributed by atoms with Gasteiger partial charge in [0, 0.05) is 23.1 Å². The van der Waals surface area contributed by atoms with Crippen LogP contribution >= 0.6 is 11.8 Å². The van der Waals surface area contributed by atoms with Gasteiger partial charge in [-0.15, -0.1) is 11.8 Å². The van der Waals surface area contributed by atoms with Crippen molar-refractivity contribution in [2.75, 3.05) is 12.3 Å². The average molecular weight is 274 g/mol. The van der Waals surface area contributed by atoms with Gasteiger partial charge in [-0.3, -0.25) is 0 Å². The number of aryl methyl sites for hydroxylation is 2. The van der Waals surface area contributed by atoms with Gasteiger partial charge >= 0.3 is 0 Å². The number of oxazole rings is 1. The fourth-order valence-corrected chi connectivity index (χ4v) is 3.62. The van der Waals surface area contributed by atoms with Crippen LogP contribution in [0.15, 0.2) is 33.6 Å². The number of rotatable bonds is 4. The Bertz CT molecular complexity index is 560. The molecule has 0 radical (unpaired) electrons. The van der Waals surface area contributed by atoms with Crippen LogP contribution in [0, 0.1) is 13.8 Å². The molecule has 2 heterocycles. The lowest BCUT2D eigenvalue weighted by molar-refractivity contribution is 0.445.